The van der Waals surface area contributed by atoms with Crippen LogP contribution in [0.1, 0.15) is 22.5 Å². The van der Waals surface area contributed by atoms with Gasteiger partial charge in [-0.3, -0.25) is 9.97 Å². The number of aromatic nitrogens is 4. The average Bonchev–Trinajstić information content (AvgIpc) is 3.42. The zero-order valence-corrected chi connectivity index (χ0v) is 23.2. The van der Waals surface area contributed by atoms with E-state index in [1.807, 2.05) is 37.2 Å². The Morgan fingerprint density at radius 1 is 0.425 bits per heavy atom. The highest BCUT2D eigenvalue weighted by atomic mass is 14.9. The van der Waals surface area contributed by atoms with Crippen molar-refractivity contribution >= 4 is 11.0 Å². The lowest BCUT2D eigenvalue weighted by Crippen LogP contribution is -1.88. The summed E-state index contributed by atoms with van der Waals surface area (Å²) in [4.78, 5) is 8.63. The van der Waals surface area contributed by atoms with Crippen LogP contribution in [0.15, 0.2) is 110 Å². The lowest BCUT2D eigenvalue weighted by atomic mass is 9.96. The molecule has 4 aromatic heterocycles. The average molecular weight is 519 g/mol. The van der Waals surface area contributed by atoms with Crippen molar-refractivity contribution in [1.82, 2.24) is 18.8 Å². The summed E-state index contributed by atoms with van der Waals surface area (Å²) in [6.07, 6.45) is 11.6. The molecule has 40 heavy (non-hydrogen) atoms. The molecule has 0 aliphatic carbocycles. The number of fused-ring (bicyclic) bond motifs is 2. The Labute approximate surface area is 234 Å². The first-order valence-corrected chi connectivity index (χ1v) is 13.7. The molecule has 0 radical (unpaired) electrons. The van der Waals surface area contributed by atoms with Gasteiger partial charge in [-0.2, -0.15) is 0 Å². The van der Waals surface area contributed by atoms with Gasteiger partial charge in [-0.05, 0) is 72.2 Å². The van der Waals surface area contributed by atoms with E-state index in [1.165, 1.54) is 67.0 Å². The molecule has 0 fully saturated rings. The van der Waals surface area contributed by atoms with Gasteiger partial charge in [0.05, 0.1) is 23.4 Å². The van der Waals surface area contributed by atoms with Crippen LogP contribution < -0.4 is 0 Å². The van der Waals surface area contributed by atoms with Crippen LogP contribution in [0.5, 0.6) is 0 Å². The SMILES string of the molecule is Cc1c(-c2ccc(-c3ccc(-c4ccc(-c5c(C)c6cnccn6c5C)cc4)cc3)cc2)c(C)n2ccncc12. The molecule has 7 aromatic rings. The predicted molar refractivity (Wildman–Crippen MR) is 165 cm³/mol. The van der Waals surface area contributed by atoms with Crippen molar-refractivity contribution in [2.24, 2.45) is 0 Å². The number of aryl methyl sites for hydroxylation is 4. The molecule has 7 rings (SSSR count). The zero-order chi connectivity index (χ0) is 27.4. The third-order valence-electron chi connectivity index (χ3n) is 8.38. The number of nitrogens with zero attached hydrogens (tertiary/aromatic N) is 4. The molecule has 0 saturated heterocycles. The molecule has 0 aliphatic heterocycles. The van der Waals surface area contributed by atoms with Gasteiger partial charge in [0.25, 0.3) is 0 Å². The van der Waals surface area contributed by atoms with E-state index in [4.69, 9.17) is 0 Å². The van der Waals surface area contributed by atoms with Crippen molar-refractivity contribution in [2.75, 3.05) is 0 Å². The Hall–Kier alpha value is -4.96. The van der Waals surface area contributed by atoms with Crippen molar-refractivity contribution < 1.29 is 0 Å². The maximum absolute atomic E-state index is 4.31. The third kappa shape index (κ3) is 3.76. The number of hydrogen-bond acceptors (Lipinski definition) is 2. The molecule has 3 aromatic carbocycles. The summed E-state index contributed by atoms with van der Waals surface area (Å²) in [5, 5.41) is 0. The van der Waals surface area contributed by atoms with Crippen LogP contribution in [0.3, 0.4) is 0 Å². The molecular weight excluding hydrogens is 488 g/mol. The summed E-state index contributed by atoms with van der Waals surface area (Å²) in [7, 11) is 0. The second-order valence-corrected chi connectivity index (χ2v) is 10.6. The minimum absolute atomic E-state index is 1.16. The molecule has 0 unspecified atom stereocenters. The molecule has 0 amide bonds. The van der Waals surface area contributed by atoms with Gasteiger partial charge in [0, 0.05) is 47.3 Å². The molecule has 4 nitrogen and oxygen atoms in total. The Kier molecular flexibility index (Phi) is 5.64. The van der Waals surface area contributed by atoms with Crippen LogP contribution in [0.2, 0.25) is 0 Å². The predicted octanol–water partition coefficient (Wildman–Crippen LogP) is 8.88. The largest absolute Gasteiger partial charge is 0.317 e. The fourth-order valence-corrected chi connectivity index (χ4v) is 6.27. The highest BCUT2D eigenvalue weighted by Gasteiger charge is 2.15. The van der Waals surface area contributed by atoms with E-state index < -0.39 is 0 Å². The zero-order valence-electron chi connectivity index (χ0n) is 23.2. The fraction of sp³-hybridized carbons (Fsp3) is 0.111. The first-order chi connectivity index (χ1) is 19.5. The second kappa shape index (κ2) is 9.35. The molecule has 4 heteroatoms. The van der Waals surface area contributed by atoms with E-state index >= 15 is 0 Å². The minimum Gasteiger partial charge on any atom is -0.317 e. The topological polar surface area (TPSA) is 34.6 Å². The lowest BCUT2D eigenvalue weighted by molar-refractivity contribution is 1.08. The van der Waals surface area contributed by atoms with Gasteiger partial charge in [-0.1, -0.05) is 72.8 Å². The van der Waals surface area contributed by atoms with E-state index in [0.29, 0.717) is 0 Å². The summed E-state index contributed by atoms with van der Waals surface area (Å²) in [5.74, 6) is 0. The van der Waals surface area contributed by atoms with Gasteiger partial charge in [0.2, 0.25) is 0 Å². The van der Waals surface area contributed by atoms with Crippen molar-refractivity contribution in [1.29, 1.82) is 0 Å². The smallest absolute Gasteiger partial charge is 0.0672 e. The highest BCUT2D eigenvalue weighted by molar-refractivity contribution is 5.82. The van der Waals surface area contributed by atoms with E-state index in [0.717, 1.165) is 11.0 Å². The van der Waals surface area contributed by atoms with E-state index in [9.17, 15) is 0 Å². The van der Waals surface area contributed by atoms with Crippen LogP contribution in [0, 0.1) is 27.7 Å². The van der Waals surface area contributed by atoms with Crippen molar-refractivity contribution in [3.05, 3.63) is 132 Å². The molecule has 0 atom stereocenters. The summed E-state index contributed by atoms with van der Waals surface area (Å²) in [6.45, 7) is 8.71. The molecule has 0 saturated carbocycles. The van der Waals surface area contributed by atoms with Crippen LogP contribution in [0.25, 0.3) is 55.5 Å². The van der Waals surface area contributed by atoms with Crippen LogP contribution in [-0.2, 0) is 0 Å². The van der Waals surface area contributed by atoms with Gasteiger partial charge < -0.3 is 8.80 Å². The lowest BCUT2D eigenvalue weighted by Gasteiger charge is -2.09. The van der Waals surface area contributed by atoms with Crippen molar-refractivity contribution in [3.63, 3.8) is 0 Å². The Morgan fingerprint density at radius 2 is 0.725 bits per heavy atom. The monoisotopic (exact) mass is 518 g/mol. The second-order valence-electron chi connectivity index (χ2n) is 10.6. The first kappa shape index (κ1) is 24.1. The number of rotatable bonds is 4. The maximum atomic E-state index is 4.31. The van der Waals surface area contributed by atoms with Gasteiger partial charge in [-0.25, -0.2) is 0 Å². The molecule has 4 heterocycles. The van der Waals surface area contributed by atoms with Crippen LogP contribution >= 0.6 is 0 Å². The molecule has 194 valence electrons. The molecule has 0 N–H and O–H groups in total. The molecule has 0 bridgehead atoms. The van der Waals surface area contributed by atoms with Gasteiger partial charge >= 0.3 is 0 Å². The van der Waals surface area contributed by atoms with Gasteiger partial charge in [0.1, 0.15) is 0 Å². The molecular formula is C36H30N4. The van der Waals surface area contributed by atoms with Crippen LogP contribution in [-0.4, -0.2) is 18.8 Å². The number of benzene rings is 3. The van der Waals surface area contributed by atoms with Gasteiger partial charge in [0.15, 0.2) is 0 Å². The van der Waals surface area contributed by atoms with Gasteiger partial charge in [-0.15, -0.1) is 0 Å². The Balaban J connectivity index is 1.14. The minimum atomic E-state index is 1.16. The Bertz CT molecular complexity index is 1780. The maximum Gasteiger partial charge on any atom is 0.0672 e. The molecule has 0 aliphatic rings. The fourth-order valence-electron chi connectivity index (χ4n) is 6.27. The van der Waals surface area contributed by atoms with Crippen molar-refractivity contribution in [2.45, 2.75) is 27.7 Å². The molecule has 0 spiro atoms. The Morgan fingerprint density at radius 3 is 1.02 bits per heavy atom. The highest BCUT2D eigenvalue weighted by Crippen LogP contribution is 2.35. The standard InChI is InChI=1S/C36H30N4/c1-23-33-21-37-17-19-39(33)25(3)35(23)31-13-9-29(10-14-31)27-5-7-28(8-6-27)30-11-15-32(16-12-30)36-24(2)34-22-38-18-20-40(34)26(36)4/h5-22H,1-4H3. The van der Waals surface area contributed by atoms with Crippen LogP contribution in [0.4, 0.5) is 0 Å². The summed E-state index contributed by atoms with van der Waals surface area (Å²) >= 11 is 0. The summed E-state index contributed by atoms with van der Waals surface area (Å²) in [5.41, 5.74) is 17.2. The normalized spacial score (nSPS) is 11.5. The number of hydrogen-bond donors (Lipinski definition) is 0. The van der Waals surface area contributed by atoms with E-state index in [2.05, 4.69) is 119 Å². The summed E-state index contributed by atoms with van der Waals surface area (Å²) < 4.78 is 4.44. The third-order valence-corrected chi connectivity index (χ3v) is 8.38. The van der Waals surface area contributed by atoms with Crippen molar-refractivity contribution in [3.8, 4) is 44.5 Å². The quantitative estimate of drug-likeness (QED) is 0.233. The first-order valence-electron chi connectivity index (χ1n) is 13.7. The van der Waals surface area contributed by atoms with E-state index in [1.54, 1.807) is 0 Å². The summed E-state index contributed by atoms with van der Waals surface area (Å²) in [6, 6.07) is 26.7. The van der Waals surface area contributed by atoms with E-state index in [-0.39, 0.29) is 0 Å².